The van der Waals surface area contributed by atoms with Gasteiger partial charge in [0.1, 0.15) is 12.4 Å². The molecule has 0 heterocycles. The summed E-state index contributed by atoms with van der Waals surface area (Å²) in [5.41, 5.74) is 1.80. The fourth-order valence-electron chi connectivity index (χ4n) is 2.49. The maximum Gasteiger partial charge on any atom is 0.307 e. The maximum absolute atomic E-state index is 14.8. The highest BCUT2D eigenvalue weighted by Gasteiger charge is 2.16. The monoisotopic (exact) mass is 515 g/mol. The van der Waals surface area contributed by atoms with E-state index in [1.165, 1.54) is 0 Å². The molecule has 2 aromatic carbocycles. The number of anilines is 1. The fraction of sp³-hybridized carbons (Fsp3) is 0.300. The third-order valence-corrected chi connectivity index (χ3v) is 5.04. The predicted molar refractivity (Wildman–Crippen MR) is 112 cm³/mol. The van der Waals surface area contributed by atoms with Crippen molar-refractivity contribution in [2.45, 2.75) is 33.8 Å². The summed E-state index contributed by atoms with van der Waals surface area (Å²) in [6, 6.07) is 6.52. The van der Waals surface area contributed by atoms with Crippen LogP contribution in [0.4, 0.5) is 10.1 Å². The largest absolute Gasteiger partial charge is 0.486 e. The standard InChI is InChI=1S/C20H20Br2FNO4/c1-10(2)20(27)24-16-5-11(3)4-13(18(16)23)9-28-19-14(21)6-12(7-15(19)22)8-17(25)26/h4-7,10H,8-9H2,1-3H3,(H,24,27)(H,25,26). The molecule has 0 aliphatic rings. The Bertz CT molecular complexity index is 892. The zero-order chi connectivity index (χ0) is 21.0. The Morgan fingerprint density at radius 1 is 1.18 bits per heavy atom. The van der Waals surface area contributed by atoms with Gasteiger partial charge in [0, 0.05) is 11.5 Å². The van der Waals surface area contributed by atoms with Crippen molar-refractivity contribution in [3.63, 3.8) is 0 Å². The van der Waals surface area contributed by atoms with E-state index >= 15 is 0 Å². The van der Waals surface area contributed by atoms with Gasteiger partial charge in [0.25, 0.3) is 0 Å². The lowest BCUT2D eigenvalue weighted by Crippen LogP contribution is -2.19. The molecule has 2 rings (SSSR count). The minimum Gasteiger partial charge on any atom is -0.486 e. The molecule has 0 aliphatic heterocycles. The molecule has 0 aromatic heterocycles. The van der Waals surface area contributed by atoms with Gasteiger partial charge in [0.05, 0.1) is 21.1 Å². The molecule has 0 unspecified atom stereocenters. The molecule has 8 heteroatoms. The molecule has 0 saturated heterocycles. The van der Waals surface area contributed by atoms with Gasteiger partial charge in [0.2, 0.25) is 5.91 Å². The number of hydrogen-bond acceptors (Lipinski definition) is 3. The Labute approximate surface area is 179 Å². The summed E-state index contributed by atoms with van der Waals surface area (Å²) in [6.45, 7) is 5.21. The summed E-state index contributed by atoms with van der Waals surface area (Å²) in [5, 5.41) is 11.5. The number of aliphatic carboxylic acids is 1. The topological polar surface area (TPSA) is 75.6 Å². The van der Waals surface area contributed by atoms with Crippen molar-refractivity contribution in [3.8, 4) is 5.75 Å². The van der Waals surface area contributed by atoms with E-state index in [-0.39, 0.29) is 30.5 Å². The third kappa shape index (κ3) is 5.78. The number of nitrogens with one attached hydrogen (secondary N) is 1. The molecular formula is C20H20Br2FNO4. The predicted octanol–water partition coefficient (Wildman–Crippen LogP) is 5.46. The second-order valence-corrected chi connectivity index (χ2v) is 8.39. The Kier molecular flexibility index (Phi) is 7.60. The van der Waals surface area contributed by atoms with Crippen LogP contribution >= 0.6 is 31.9 Å². The minimum absolute atomic E-state index is 0.0620. The van der Waals surface area contributed by atoms with Gasteiger partial charge in [-0.3, -0.25) is 9.59 Å². The third-order valence-electron chi connectivity index (χ3n) is 3.86. The Morgan fingerprint density at radius 3 is 2.32 bits per heavy atom. The van der Waals surface area contributed by atoms with Gasteiger partial charge >= 0.3 is 5.97 Å². The van der Waals surface area contributed by atoms with Crippen LogP contribution in [0.25, 0.3) is 0 Å². The molecule has 0 bridgehead atoms. The van der Waals surface area contributed by atoms with Crippen LogP contribution in [-0.4, -0.2) is 17.0 Å². The summed E-state index contributed by atoms with van der Waals surface area (Å²) >= 11 is 6.72. The summed E-state index contributed by atoms with van der Waals surface area (Å²) in [4.78, 5) is 22.8. The molecule has 0 aliphatic carbocycles. The Balaban J connectivity index is 2.24. The minimum atomic E-state index is -0.940. The summed E-state index contributed by atoms with van der Waals surface area (Å²) in [7, 11) is 0. The van der Waals surface area contributed by atoms with Crippen LogP contribution in [0.1, 0.15) is 30.5 Å². The molecule has 0 radical (unpaired) electrons. The van der Waals surface area contributed by atoms with Gasteiger partial charge in [-0.25, -0.2) is 4.39 Å². The molecule has 2 aromatic rings. The second kappa shape index (κ2) is 9.52. The lowest BCUT2D eigenvalue weighted by Gasteiger charge is -2.15. The average molecular weight is 517 g/mol. The fourth-order valence-corrected chi connectivity index (χ4v) is 4.00. The first-order chi connectivity index (χ1) is 13.1. The quantitative estimate of drug-likeness (QED) is 0.512. The van der Waals surface area contributed by atoms with Crippen molar-refractivity contribution >= 4 is 49.4 Å². The van der Waals surface area contributed by atoms with Gasteiger partial charge in [-0.1, -0.05) is 13.8 Å². The van der Waals surface area contributed by atoms with Crippen molar-refractivity contribution in [1.82, 2.24) is 0 Å². The van der Waals surface area contributed by atoms with Gasteiger partial charge in [-0.05, 0) is 74.2 Å². The molecule has 2 N–H and O–H groups in total. The number of carboxylic acid groups (broad SMARTS) is 1. The molecule has 0 atom stereocenters. The van der Waals surface area contributed by atoms with Crippen LogP contribution in [0.15, 0.2) is 33.2 Å². The van der Waals surface area contributed by atoms with E-state index in [0.717, 1.165) is 5.56 Å². The molecule has 1 amide bonds. The van der Waals surface area contributed by atoms with E-state index in [9.17, 15) is 14.0 Å². The van der Waals surface area contributed by atoms with E-state index in [2.05, 4.69) is 37.2 Å². The lowest BCUT2D eigenvalue weighted by atomic mass is 10.1. The van der Waals surface area contributed by atoms with Crippen molar-refractivity contribution in [2.24, 2.45) is 5.92 Å². The van der Waals surface area contributed by atoms with Gasteiger partial charge in [-0.15, -0.1) is 0 Å². The first kappa shape index (κ1) is 22.4. The summed E-state index contributed by atoms with van der Waals surface area (Å²) in [5.74, 6) is -1.59. The summed E-state index contributed by atoms with van der Waals surface area (Å²) in [6.07, 6.45) is -0.122. The SMILES string of the molecule is Cc1cc(COc2c(Br)cc(CC(=O)O)cc2Br)c(F)c(NC(=O)C(C)C)c1. The molecule has 0 saturated carbocycles. The van der Waals surface area contributed by atoms with Crippen LogP contribution < -0.4 is 10.1 Å². The number of rotatable bonds is 7. The molecule has 28 heavy (non-hydrogen) atoms. The number of carbonyl (C=O) groups is 2. The Hall–Kier alpha value is -1.93. The number of benzene rings is 2. The molecular weight excluding hydrogens is 497 g/mol. The van der Waals surface area contributed by atoms with E-state index in [0.29, 0.717) is 25.8 Å². The molecule has 0 spiro atoms. The highest BCUT2D eigenvalue weighted by molar-refractivity contribution is 9.11. The zero-order valence-electron chi connectivity index (χ0n) is 15.6. The smallest absolute Gasteiger partial charge is 0.307 e. The number of aryl methyl sites for hydroxylation is 1. The van der Waals surface area contributed by atoms with Gasteiger partial charge in [0.15, 0.2) is 5.82 Å². The number of ether oxygens (including phenoxy) is 1. The number of carbonyl (C=O) groups excluding carboxylic acids is 1. The van der Waals surface area contributed by atoms with Crippen molar-refractivity contribution < 1.29 is 23.8 Å². The van der Waals surface area contributed by atoms with E-state index in [1.54, 1.807) is 45.0 Å². The normalized spacial score (nSPS) is 10.8. The Morgan fingerprint density at radius 2 is 1.79 bits per heavy atom. The first-order valence-electron chi connectivity index (χ1n) is 8.51. The van der Waals surface area contributed by atoms with E-state index in [1.807, 2.05) is 0 Å². The molecule has 150 valence electrons. The van der Waals surface area contributed by atoms with Crippen molar-refractivity contribution in [2.75, 3.05) is 5.32 Å². The lowest BCUT2D eigenvalue weighted by molar-refractivity contribution is -0.136. The number of amides is 1. The van der Waals surface area contributed by atoms with Crippen LogP contribution in [-0.2, 0) is 22.6 Å². The number of halogens is 3. The highest BCUT2D eigenvalue weighted by Crippen LogP contribution is 2.36. The highest BCUT2D eigenvalue weighted by atomic mass is 79.9. The second-order valence-electron chi connectivity index (χ2n) is 6.68. The zero-order valence-corrected chi connectivity index (χ0v) is 18.8. The van der Waals surface area contributed by atoms with Crippen LogP contribution in [0.3, 0.4) is 0 Å². The van der Waals surface area contributed by atoms with Crippen LogP contribution in [0.5, 0.6) is 5.75 Å². The first-order valence-corrected chi connectivity index (χ1v) is 10.1. The van der Waals surface area contributed by atoms with E-state index < -0.39 is 11.8 Å². The van der Waals surface area contributed by atoms with Crippen LogP contribution in [0, 0.1) is 18.7 Å². The van der Waals surface area contributed by atoms with Crippen molar-refractivity contribution in [3.05, 3.63) is 55.7 Å². The summed E-state index contributed by atoms with van der Waals surface area (Å²) < 4.78 is 21.7. The van der Waals surface area contributed by atoms with Crippen molar-refractivity contribution in [1.29, 1.82) is 0 Å². The van der Waals surface area contributed by atoms with E-state index in [4.69, 9.17) is 9.84 Å². The van der Waals surface area contributed by atoms with Gasteiger partial charge < -0.3 is 15.2 Å². The molecule has 0 fully saturated rings. The van der Waals surface area contributed by atoms with Gasteiger partial charge in [-0.2, -0.15) is 0 Å². The average Bonchev–Trinajstić information content (AvgIpc) is 2.57. The maximum atomic E-state index is 14.8. The van der Waals surface area contributed by atoms with Crippen LogP contribution in [0.2, 0.25) is 0 Å². The number of carboxylic acids is 1. The number of hydrogen-bond donors (Lipinski definition) is 2. The molecule has 5 nitrogen and oxygen atoms in total.